The number of nitrogens with zero attached hydrogens (tertiary/aromatic N) is 2. The zero-order chi connectivity index (χ0) is 12.2. The van der Waals surface area contributed by atoms with Gasteiger partial charge in [0, 0.05) is 12.7 Å². The largest absolute Gasteiger partial charge is 0.433 e. The summed E-state index contributed by atoms with van der Waals surface area (Å²) >= 11 is 0. The average molecular weight is 231 g/mol. The van der Waals surface area contributed by atoms with Gasteiger partial charge >= 0.3 is 6.18 Å². The summed E-state index contributed by atoms with van der Waals surface area (Å²) in [4.78, 5) is 17.8. The van der Waals surface area contributed by atoms with Gasteiger partial charge in [0.15, 0.2) is 0 Å². The molecule has 0 bridgehead atoms. The molecule has 0 aliphatic carbocycles. The molecule has 0 aromatic carbocycles. The van der Waals surface area contributed by atoms with Crippen LogP contribution in [-0.4, -0.2) is 22.4 Å². The van der Waals surface area contributed by atoms with Gasteiger partial charge in [0.2, 0.25) is 5.82 Å². The van der Waals surface area contributed by atoms with Gasteiger partial charge in [-0.05, 0) is 6.07 Å². The molecule has 1 amide bonds. The second kappa shape index (κ2) is 4.73. The Morgan fingerprint density at radius 1 is 1.56 bits per heavy atom. The fourth-order valence-electron chi connectivity index (χ4n) is 0.870. The molecule has 16 heavy (non-hydrogen) atoms. The van der Waals surface area contributed by atoms with E-state index in [1.807, 2.05) is 0 Å². The van der Waals surface area contributed by atoms with E-state index in [1.54, 1.807) is 0 Å². The van der Waals surface area contributed by atoms with Gasteiger partial charge in [0.05, 0.1) is 0 Å². The highest BCUT2D eigenvalue weighted by atomic mass is 19.4. The normalized spacial score (nSPS) is 10.9. The van der Waals surface area contributed by atoms with Gasteiger partial charge in [0.1, 0.15) is 5.69 Å². The summed E-state index contributed by atoms with van der Waals surface area (Å²) in [6, 6.07) is 0.699. The summed E-state index contributed by atoms with van der Waals surface area (Å²) in [6.45, 7) is 3.48. The Kier molecular flexibility index (Phi) is 3.60. The molecule has 7 heteroatoms. The number of hydrogen-bond donors (Lipinski definition) is 1. The van der Waals surface area contributed by atoms with Crippen LogP contribution in [0.1, 0.15) is 16.3 Å². The maximum Gasteiger partial charge on any atom is 0.433 e. The highest BCUT2D eigenvalue weighted by Gasteiger charge is 2.33. The number of alkyl halides is 3. The Balaban J connectivity index is 2.90. The third-order valence-corrected chi connectivity index (χ3v) is 1.56. The van der Waals surface area contributed by atoms with Crippen molar-refractivity contribution in [2.75, 3.05) is 6.54 Å². The zero-order valence-electron chi connectivity index (χ0n) is 8.08. The quantitative estimate of drug-likeness (QED) is 0.800. The number of amides is 1. The first kappa shape index (κ1) is 12.2. The van der Waals surface area contributed by atoms with Crippen LogP contribution in [0.5, 0.6) is 0 Å². The molecule has 0 saturated heterocycles. The highest BCUT2D eigenvalue weighted by Crippen LogP contribution is 2.26. The molecule has 0 saturated carbocycles. The third kappa shape index (κ3) is 3.04. The van der Waals surface area contributed by atoms with Crippen LogP contribution in [0.2, 0.25) is 0 Å². The number of carbonyl (C=O) groups excluding carboxylic acids is 1. The first-order valence-corrected chi connectivity index (χ1v) is 4.24. The highest BCUT2D eigenvalue weighted by molar-refractivity contribution is 5.90. The van der Waals surface area contributed by atoms with Gasteiger partial charge in [-0.2, -0.15) is 13.2 Å². The number of hydrogen-bond acceptors (Lipinski definition) is 3. The van der Waals surface area contributed by atoms with Crippen molar-refractivity contribution < 1.29 is 18.0 Å². The molecule has 86 valence electrons. The Bertz CT molecular complexity index is 403. The molecule has 0 spiro atoms. The van der Waals surface area contributed by atoms with Gasteiger partial charge in [-0.1, -0.05) is 6.08 Å². The summed E-state index contributed by atoms with van der Waals surface area (Å²) in [7, 11) is 0. The van der Waals surface area contributed by atoms with Gasteiger partial charge in [-0.25, -0.2) is 9.97 Å². The maximum absolute atomic E-state index is 12.2. The number of halogens is 3. The molecule has 1 heterocycles. The minimum atomic E-state index is -4.59. The van der Waals surface area contributed by atoms with E-state index in [2.05, 4.69) is 21.9 Å². The summed E-state index contributed by atoms with van der Waals surface area (Å²) in [5.41, 5.74) is -1.15. The lowest BCUT2D eigenvalue weighted by molar-refractivity contribution is -0.141. The summed E-state index contributed by atoms with van der Waals surface area (Å²) in [5, 5.41) is 2.28. The molecule has 4 nitrogen and oxygen atoms in total. The summed E-state index contributed by atoms with van der Waals surface area (Å²) in [6.07, 6.45) is -2.30. The SMILES string of the molecule is C=CCNC(=O)c1nccc(C(F)(F)F)n1. The van der Waals surface area contributed by atoms with Crippen molar-refractivity contribution in [2.45, 2.75) is 6.18 Å². The van der Waals surface area contributed by atoms with Crippen molar-refractivity contribution in [3.8, 4) is 0 Å². The van der Waals surface area contributed by atoms with Crippen LogP contribution >= 0.6 is 0 Å². The lowest BCUT2D eigenvalue weighted by Crippen LogP contribution is -2.26. The van der Waals surface area contributed by atoms with Crippen LogP contribution in [0.4, 0.5) is 13.2 Å². The van der Waals surface area contributed by atoms with Crippen LogP contribution < -0.4 is 5.32 Å². The second-order valence-electron chi connectivity index (χ2n) is 2.76. The van der Waals surface area contributed by atoms with Crippen LogP contribution in [-0.2, 0) is 6.18 Å². The summed E-state index contributed by atoms with van der Waals surface area (Å²) in [5.74, 6) is -1.29. The molecule has 1 aromatic heterocycles. The van der Waals surface area contributed by atoms with Crippen molar-refractivity contribution >= 4 is 5.91 Å². The smallest absolute Gasteiger partial charge is 0.346 e. The Morgan fingerprint density at radius 2 is 2.25 bits per heavy atom. The minimum absolute atomic E-state index is 0.137. The van der Waals surface area contributed by atoms with E-state index in [9.17, 15) is 18.0 Å². The van der Waals surface area contributed by atoms with E-state index < -0.39 is 23.6 Å². The number of nitrogens with one attached hydrogen (secondary N) is 1. The fraction of sp³-hybridized carbons (Fsp3) is 0.222. The molecule has 0 unspecified atom stereocenters. The van der Waals surface area contributed by atoms with Gasteiger partial charge < -0.3 is 5.32 Å². The Labute approximate surface area is 89.2 Å². The van der Waals surface area contributed by atoms with Crippen molar-refractivity contribution in [2.24, 2.45) is 0 Å². The first-order chi connectivity index (χ1) is 7.45. The van der Waals surface area contributed by atoms with Crippen molar-refractivity contribution in [1.29, 1.82) is 0 Å². The molecule has 0 fully saturated rings. The number of aromatic nitrogens is 2. The van der Waals surface area contributed by atoms with Crippen LogP contribution in [0.15, 0.2) is 24.9 Å². The number of carbonyl (C=O) groups is 1. The zero-order valence-corrected chi connectivity index (χ0v) is 8.08. The Hall–Kier alpha value is -1.92. The average Bonchev–Trinajstić information content (AvgIpc) is 2.25. The molecule has 0 aliphatic rings. The van der Waals surface area contributed by atoms with Crippen molar-refractivity contribution in [3.05, 3.63) is 36.4 Å². The second-order valence-corrected chi connectivity index (χ2v) is 2.76. The molecule has 1 aromatic rings. The predicted octanol–water partition coefficient (Wildman–Crippen LogP) is 1.41. The van der Waals surface area contributed by atoms with E-state index in [4.69, 9.17) is 0 Å². The topological polar surface area (TPSA) is 54.9 Å². The van der Waals surface area contributed by atoms with E-state index in [0.717, 1.165) is 6.20 Å². The molecular formula is C9H8F3N3O. The van der Waals surface area contributed by atoms with E-state index in [1.165, 1.54) is 6.08 Å². The molecular weight excluding hydrogens is 223 g/mol. The van der Waals surface area contributed by atoms with E-state index >= 15 is 0 Å². The number of rotatable bonds is 3. The summed E-state index contributed by atoms with van der Waals surface area (Å²) < 4.78 is 36.7. The maximum atomic E-state index is 12.2. The van der Waals surface area contributed by atoms with Gasteiger partial charge in [0.25, 0.3) is 5.91 Å². The lowest BCUT2D eigenvalue weighted by Gasteiger charge is -2.06. The van der Waals surface area contributed by atoms with Gasteiger partial charge in [-0.15, -0.1) is 6.58 Å². The van der Waals surface area contributed by atoms with Crippen molar-refractivity contribution in [1.82, 2.24) is 15.3 Å². The van der Waals surface area contributed by atoms with Gasteiger partial charge in [-0.3, -0.25) is 4.79 Å². The third-order valence-electron chi connectivity index (χ3n) is 1.56. The fourth-order valence-corrected chi connectivity index (χ4v) is 0.870. The van der Waals surface area contributed by atoms with Crippen LogP contribution in [0.3, 0.4) is 0 Å². The van der Waals surface area contributed by atoms with E-state index in [0.29, 0.717) is 6.07 Å². The Morgan fingerprint density at radius 3 is 2.81 bits per heavy atom. The lowest BCUT2D eigenvalue weighted by atomic mass is 10.4. The van der Waals surface area contributed by atoms with E-state index in [-0.39, 0.29) is 6.54 Å². The van der Waals surface area contributed by atoms with Crippen LogP contribution in [0.25, 0.3) is 0 Å². The standard InChI is InChI=1S/C9H8F3N3O/c1-2-4-14-8(16)7-13-5-3-6(15-7)9(10,11)12/h2-3,5H,1,4H2,(H,14,16). The molecule has 0 radical (unpaired) electrons. The minimum Gasteiger partial charge on any atom is -0.346 e. The predicted molar refractivity (Wildman–Crippen MR) is 49.6 cm³/mol. The van der Waals surface area contributed by atoms with Crippen LogP contribution in [0, 0.1) is 0 Å². The first-order valence-electron chi connectivity index (χ1n) is 4.24. The molecule has 0 atom stereocenters. The molecule has 0 aliphatic heterocycles. The molecule has 1 N–H and O–H groups in total. The monoisotopic (exact) mass is 231 g/mol. The molecule has 1 rings (SSSR count). The van der Waals surface area contributed by atoms with Crippen molar-refractivity contribution in [3.63, 3.8) is 0 Å².